The highest BCUT2D eigenvalue weighted by atomic mass is 32.1. The second kappa shape index (κ2) is 4.00. The Hall–Kier alpha value is -1.39. The summed E-state index contributed by atoms with van der Waals surface area (Å²) in [6, 6.07) is 7.68. The van der Waals surface area contributed by atoms with Crippen molar-refractivity contribution < 1.29 is 0 Å². The van der Waals surface area contributed by atoms with E-state index in [0.29, 0.717) is 0 Å². The summed E-state index contributed by atoms with van der Waals surface area (Å²) < 4.78 is 0. The Morgan fingerprint density at radius 3 is 2.47 bits per heavy atom. The maximum absolute atomic E-state index is 5.76. The van der Waals surface area contributed by atoms with Crippen LogP contribution >= 0.6 is 11.3 Å². The minimum atomic E-state index is -0.00229. The maximum Gasteiger partial charge on any atom is 0.110 e. The van der Waals surface area contributed by atoms with E-state index in [1.54, 1.807) is 11.3 Å². The molecule has 1 aromatic heterocycles. The lowest BCUT2D eigenvalue weighted by atomic mass is 10.1. The van der Waals surface area contributed by atoms with Crippen LogP contribution in [-0.4, -0.2) is 4.98 Å². The van der Waals surface area contributed by atoms with E-state index in [1.165, 1.54) is 0 Å². The van der Waals surface area contributed by atoms with Gasteiger partial charge in [-0.05, 0) is 19.1 Å². The van der Waals surface area contributed by atoms with Crippen LogP contribution in [0.3, 0.4) is 0 Å². The van der Waals surface area contributed by atoms with Gasteiger partial charge in [0.15, 0.2) is 0 Å². The molecule has 4 heteroatoms. The lowest BCUT2D eigenvalue weighted by Gasteiger charge is -1.99. The second-order valence-electron chi connectivity index (χ2n) is 3.48. The molecule has 0 spiro atoms. The number of aromatic nitrogens is 1. The van der Waals surface area contributed by atoms with Gasteiger partial charge in [0.25, 0.3) is 0 Å². The maximum atomic E-state index is 5.76. The molecule has 15 heavy (non-hydrogen) atoms. The highest BCUT2D eigenvalue weighted by Gasteiger charge is 2.07. The first kappa shape index (κ1) is 10.1. The van der Waals surface area contributed by atoms with Crippen molar-refractivity contribution in [3.05, 3.63) is 34.7 Å². The Morgan fingerprint density at radius 2 is 1.93 bits per heavy atom. The van der Waals surface area contributed by atoms with Crippen LogP contribution in [-0.2, 0) is 0 Å². The monoisotopic (exact) mass is 219 g/mol. The molecule has 0 aliphatic carbocycles. The van der Waals surface area contributed by atoms with E-state index < -0.39 is 0 Å². The quantitative estimate of drug-likeness (QED) is 0.762. The Morgan fingerprint density at radius 1 is 1.27 bits per heavy atom. The van der Waals surface area contributed by atoms with Gasteiger partial charge in [-0.1, -0.05) is 12.1 Å². The third-order valence-corrected chi connectivity index (χ3v) is 3.16. The molecular formula is C11H13N3S. The van der Waals surface area contributed by atoms with Crippen molar-refractivity contribution in [3.8, 4) is 11.3 Å². The normalized spacial score (nSPS) is 12.7. The van der Waals surface area contributed by atoms with Crippen molar-refractivity contribution in [1.29, 1.82) is 0 Å². The standard InChI is InChI=1S/C11H13N3S/c1-7(12)11-14-10(6-15-11)8-2-4-9(13)5-3-8/h2-7H,12-13H2,1H3. The fourth-order valence-electron chi connectivity index (χ4n) is 1.28. The molecule has 78 valence electrons. The Labute approximate surface area is 92.8 Å². The number of nitrogen functional groups attached to an aromatic ring is 1. The van der Waals surface area contributed by atoms with E-state index in [4.69, 9.17) is 11.5 Å². The van der Waals surface area contributed by atoms with E-state index in [9.17, 15) is 0 Å². The molecule has 0 saturated carbocycles. The largest absolute Gasteiger partial charge is 0.399 e. The van der Waals surface area contributed by atoms with Gasteiger partial charge in [0.05, 0.1) is 11.7 Å². The van der Waals surface area contributed by atoms with Gasteiger partial charge in [-0.3, -0.25) is 0 Å². The van der Waals surface area contributed by atoms with Gasteiger partial charge < -0.3 is 11.5 Å². The molecule has 2 rings (SSSR count). The summed E-state index contributed by atoms with van der Waals surface area (Å²) in [6.07, 6.45) is 0. The molecule has 0 amide bonds. The summed E-state index contributed by atoms with van der Waals surface area (Å²) in [4.78, 5) is 4.46. The van der Waals surface area contributed by atoms with Crippen molar-refractivity contribution in [3.63, 3.8) is 0 Å². The fraction of sp³-hybridized carbons (Fsp3) is 0.182. The predicted octanol–water partition coefficient (Wildman–Crippen LogP) is 2.41. The van der Waals surface area contributed by atoms with Crippen LogP contribution in [0.2, 0.25) is 0 Å². The summed E-state index contributed by atoms with van der Waals surface area (Å²) >= 11 is 1.59. The zero-order valence-corrected chi connectivity index (χ0v) is 9.29. The molecule has 1 atom stereocenters. The van der Waals surface area contributed by atoms with Crippen LogP contribution in [0.25, 0.3) is 11.3 Å². The van der Waals surface area contributed by atoms with Gasteiger partial charge in [0.1, 0.15) is 5.01 Å². The number of anilines is 1. The van der Waals surface area contributed by atoms with Crippen molar-refractivity contribution in [2.45, 2.75) is 13.0 Å². The molecule has 3 nitrogen and oxygen atoms in total. The van der Waals surface area contributed by atoms with Crippen molar-refractivity contribution in [1.82, 2.24) is 4.98 Å². The molecule has 0 bridgehead atoms. The summed E-state index contributed by atoms with van der Waals surface area (Å²) in [5.41, 5.74) is 14.2. The summed E-state index contributed by atoms with van der Waals surface area (Å²) in [5.74, 6) is 0. The van der Waals surface area contributed by atoms with Crippen molar-refractivity contribution in [2.24, 2.45) is 5.73 Å². The van der Waals surface area contributed by atoms with Crippen LogP contribution in [0.5, 0.6) is 0 Å². The zero-order valence-electron chi connectivity index (χ0n) is 8.47. The highest BCUT2D eigenvalue weighted by Crippen LogP contribution is 2.24. The number of benzene rings is 1. The van der Waals surface area contributed by atoms with Crippen LogP contribution in [0.1, 0.15) is 18.0 Å². The molecule has 4 N–H and O–H groups in total. The van der Waals surface area contributed by atoms with Gasteiger partial charge in [-0.25, -0.2) is 4.98 Å². The van der Waals surface area contributed by atoms with Crippen molar-refractivity contribution in [2.75, 3.05) is 5.73 Å². The van der Waals surface area contributed by atoms with Gasteiger partial charge in [-0.2, -0.15) is 0 Å². The zero-order chi connectivity index (χ0) is 10.8. The number of nitrogens with two attached hydrogens (primary N) is 2. The molecule has 0 radical (unpaired) electrons. The molecule has 1 unspecified atom stereocenters. The van der Waals surface area contributed by atoms with E-state index in [1.807, 2.05) is 36.6 Å². The van der Waals surface area contributed by atoms with Crippen LogP contribution in [0.15, 0.2) is 29.6 Å². The lowest BCUT2D eigenvalue weighted by molar-refractivity contribution is 0.808. The van der Waals surface area contributed by atoms with Gasteiger partial charge in [0, 0.05) is 16.6 Å². The smallest absolute Gasteiger partial charge is 0.110 e. The van der Waals surface area contributed by atoms with Gasteiger partial charge in [0.2, 0.25) is 0 Å². The average Bonchev–Trinajstić information content (AvgIpc) is 2.68. The third-order valence-electron chi connectivity index (χ3n) is 2.12. The first-order chi connectivity index (χ1) is 7.16. The molecule has 0 aliphatic heterocycles. The molecular weight excluding hydrogens is 206 g/mol. The Balaban J connectivity index is 2.33. The molecule has 1 heterocycles. The molecule has 0 aliphatic rings. The number of hydrogen-bond acceptors (Lipinski definition) is 4. The first-order valence-electron chi connectivity index (χ1n) is 4.74. The second-order valence-corrected chi connectivity index (χ2v) is 4.37. The van der Waals surface area contributed by atoms with Gasteiger partial charge >= 0.3 is 0 Å². The minimum Gasteiger partial charge on any atom is -0.399 e. The molecule has 0 saturated heterocycles. The van der Waals surface area contributed by atoms with E-state index in [0.717, 1.165) is 22.0 Å². The Bertz CT molecular complexity index is 445. The van der Waals surface area contributed by atoms with E-state index in [2.05, 4.69) is 4.98 Å². The number of rotatable bonds is 2. The lowest BCUT2D eigenvalue weighted by Crippen LogP contribution is -2.03. The number of hydrogen-bond donors (Lipinski definition) is 2. The Kier molecular flexibility index (Phi) is 2.70. The molecule has 1 aromatic carbocycles. The fourth-order valence-corrected chi connectivity index (χ4v) is 2.07. The van der Waals surface area contributed by atoms with Crippen LogP contribution in [0, 0.1) is 0 Å². The van der Waals surface area contributed by atoms with E-state index in [-0.39, 0.29) is 6.04 Å². The highest BCUT2D eigenvalue weighted by molar-refractivity contribution is 7.10. The summed E-state index contributed by atoms with van der Waals surface area (Å²) in [5, 5.41) is 2.98. The molecule has 2 aromatic rings. The third kappa shape index (κ3) is 2.16. The number of nitrogens with zero attached hydrogens (tertiary/aromatic N) is 1. The van der Waals surface area contributed by atoms with Crippen molar-refractivity contribution >= 4 is 17.0 Å². The van der Waals surface area contributed by atoms with Crippen LogP contribution < -0.4 is 11.5 Å². The average molecular weight is 219 g/mol. The topological polar surface area (TPSA) is 64.9 Å². The minimum absolute atomic E-state index is 0.00229. The van der Waals surface area contributed by atoms with E-state index >= 15 is 0 Å². The van der Waals surface area contributed by atoms with Crippen LogP contribution in [0.4, 0.5) is 5.69 Å². The summed E-state index contributed by atoms with van der Waals surface area (Å²) in [7, 11) is 0. The first-order valence-corrected chi connectivity index (χ1v) is 5.61. The molecule has 0 fully saturated rings. The SMILES string of the molecule is CC(N)c1nc(-c2ccc(N)cc2)cs1. The number of thiazole rings is 1. The van der Waals surface area contributed by atoms with Gasteiger partial charge in [-0.15, -0.1) is 11.3 Å². The summed E-state index contributed by atoms with van der Waals surface area (Å²) in [6.45, 7) is 1.94. The predicted molar refractivity (Wildman–Crippen MR) is 64.6 cm³/mol.